The molecule has 0 aromatic rings. The van der Waals surface area contributed by atoms with Crippen LogP contribution in [0.5, 0.6) is 0 Å². The molecule has 1 rings (SSSR count). The average molecular weight is 184 g/mol. The molecule has 13 heavy (non-hydrogen) atoms. The lowest BCUT2D eigenvalue weighted by molar-refractivity contribution is 0.126. The van der Waals surface area contributed by atoms with Gasteiger partial charge in [0, 0.05) is 27.2 Å². The van der Waals surface area contributed by atoms with Crippen LogP contribution in [-0.4, -0.2) is 43.0 Å². The van der Waals surface area contributed by atoms with Crippen molar-refractivity contribution in [1.29, 1.82) is 0 Å². The highest BCUT2D eigenvalue weighted by molar-refractivity contribution is 5.73. The third-order valence-electron chi connectivity index (χ3n) is 2.52. The Balaban J connectivity index is 2.55. The molecule has 2 unspecified atom stereocenters. The van der Waals surface area contributed by atoms with Crippen LogP contribution in [0.1, 0.15) is 20.3 Å². The van der Waals surface area contributed by atoms with Gasteiger partial charge in [0.2, 0.25) is 0 Å². The molecule has 2 atom stereocenters. The first-order valence-corrected chi connectivity index (χ1v) is 4.97. The lowest BCUT2D eigenvalue weighted by atomic mass is 9.92. The molecular weight excluding hydrogens is 164 g/mol. The van der Waals surface area contributed by atoms with Crippen molar-refractivity contribution in [3.8, 4) is 0 Å². The van der Waals surface area contributed by atoms with E-state index in [1.165, 1.54) is 6.42 Å². The van der Waals surface area contributed by atoms with E-state index >= 15 is 0 Å². The Morgan fingerprint density at radius 2 is 1.69 bits per heavy atom. The lowest BCUT2D eigenvalue weighted by Gasteiger charge is -2.36. The first kappa shape index (κ1) is 10.4. The highest BCUT2D eigenvalue weighted by atomic mass is 16.2. The maximum Gasteiger partial charge on any atom is 0.319 e. The van der Waals surface area contributed by atoms with Crippen LogP contribution in [-0.2, 0) is 0 Å². The van der Waals surface area contributed by atoms with Crippen molar-refractivity contribution < 1.29 is 4.79 Å². The molecule has 0 N–H and O–H groups in total. The van der Waals surface area contributed by atoms with Crippen LogP contribution < -0.4 is 0 Å². The highest BCUT2D eigenvalue weighted by Gasteiger charge is 2.25. The number of hydrogen-bond acceptors (Lipinski definition) is 1. The Kier molecular flexibility index (Phi) is 3.17. The van der Waals surface area contributed by atoms with Gasteiger partial charge in [0.25, 0.3) is 0 Å². The van der Waals surface area contributed by atoms with E-state index in [0.717, 1.165) is 13.1 Å². The predicted molar refractivity (Wildman–Crippen MR) is 53.6 cm³/mol. The number of urea groups is 1. The maximum absolute atomic E-state index is 11.6. The fourth-order valence-corrected chi connectivity index (χ4v) is 2.10. The Labute approximate surface area is 80.7 Å². The van der Waals surface area contributed by atoms with Gasteiger partial charge in [-0.25, -0.2) is 4.79 Å². The third kappa shape index (κ3) is 2.61. The maximum atomic E-state index is 11.6. The normalized spacial score (nSPS) is 28.8. The summed E-state index contributed by atoms with van der Waals surface area (Å²) in [5, 5.41) is 0. The Morgan fingerprint density at radius 3 is 2.08 bits per heavy atom. The molecule has 3 nitrogen and oxygen atoms in total. The molecule has 1 aliphatic heterocycles. The van der Waals surface area contributed by atoms with Gasteiger partial charge in [0.15, 0.2) is 0 Å². The first-order chi connectivity index (χ1) is 6.00. The van der Waals surface area contributed by atoms with E-state index in [1.807, 2.05) is 19.0 Å². The summed E-state index contributed by atoms with van der Waals surface area (Å²) in [4.78, 5) is 15.3. The summed E-state index contributed by atoms with van der Waals surface area (Å²) < 4.78 is 0. The van der Waals surface area contributed by atoms with E-state index in [9.17, 15) is 4.79 Å². The summed E-state index contributed by atoms with van der Waals surface area (Å²) >= 11 is 0. The van der Waals surface area contributed by atoms with Crippen LogP contribution in [0.2, 0.25) is 0 Å². The fraction of sp³-hybridized carbons (Fsp3) is 0.900. The van der Waals surface area contributed by atoms with Crippen LogP contribution in [0.3, 0.4) is 0 Å². The summed E-state index contributed by atoms with van der Waals surface area (Å²) in [6.45, 7) is 6.26. The number of rotatable bonds is 0. The minimum Gasteiger partial charge on any atom is -0.331 e. The van der Waals surface area contributed by atoms with E-state index < -0.39 is 0 Å². The van der Waals surface area contributed by atoms with E-state index in [2.05, 4.69) is 13.8 Å². The van der Waals surface area contributed by atoms with Gasteiger partial charge in [0.1, 0.15) is 0 Å². The van der Waals surface area contributed by atoms with Crippen molar-refractivity contribution in [2.24, 2.45) is 11.8 Å². The number of hydrogen-bond donors (Lipinski definition) is 0. The van der Waals surface area contributed by atoms with Gasteiger partial charge in [-0.3, -0.25) is 0 Å². The van der Waals surface area contributed by atoms with Gasteiger partial charge in [-0.2, -0.15) is 0 Å². The molecule has 3 heteroatoms. The third-order valence-corrected chi connectivity index (χ3v) is 2.52. The van der Waals surface area contributed by atoms with Crippen LogP contribution >= 0.6 is 0 Å². The number of nitrogens with zero attached hydrogens (tertiary/aromatic N) is 2. The summed E-state index contributed by atoms with van der Waals surface area (Å²) in [5.74, 6) is 1.29. The monoisotopic (exact) mass is 184 g/mol. The zero-order valence-electron chi connectivity index (χ0n) is 9.08. The molecule has 1 saturated heterocycles. The molecule has 2 amide bonds. The van der Waals surface area contributed by atoms with Crippen LogP contribution in [0, 0.1) is 11.8 Å². The average Bonchev–Trinajstić information content (AvgIpc) is 2.01. The van der Waals surface area contributed by atoms with Gasteiger partial charge in [-0.1, -0.05) is 13.8 Å². The zero-order chi connectivity index (χ0) is 10.0. The summed E-state index contributed by atoms with van der Waals surface area (Å²) in [6.07, 6.45) is 1.25. The Bertz CT molecular complexity index is 181. The highest BCUT2D eigenvalue weighted by Crippen LogP contribution is 2.21. The van der Waals surface area contributed by atoms with Gasteiger partial charge >= 0.3 is 6.03 Å². The van der Waals surface area contributed by atoms with Crippen molar-refractivity contribution >= 4 is 6.03 Å². The first-order valence-electron chi connectivity index (χ1n) is 4.97. The molecule has 1 heterocycles. The number of amides is 2. The topological polar surface area (TPSA) is 23.6 Å². The van der Waals surface area contributed by atoms with Crippen LogP contribution in [0.15, 0.2) is 0 Å². The largest absolute Gasteiger partial charge is 0.331 e. The predicted octanol–water partition coefficient (Wildman–Crippen LogP) is 1.65. The van der Waals surface area contributed by atoms with Crippen LogP contribution in [0.4, 0.5) is 4.79 Å². The molecule has 0 bridgehead atoms. The van der Waals surface area contributed by atoms with Gasteiger partial charge in [-0.05, 0) is 18.3 Å². The van der Waals surface area contributed by atoms with Gasteiger partial charge in [0.05, 0.1) is 0 Å². The number of carbonyl (C=O) groups is 1. The molecule has 76 valence electrons. The van der Waals surface area contributed by atoms with Crippen molar-refractivity contribution in [2.75, 3.05) is 27.2 Å². The minimum atomic E-state index is 0.151. The quantitative estimate of drug-likeness (QED) is 0.561. The Hall–Kier alpha value is -0.730. The molecule has 1 aliphatic rings. The van der Waals surface area contributed by atoms with E-state index in [-0.39, 0.29) is 6.03 Å². The van der Waals surface area contributed by atoms with Crippen molar-refractivity contribution in [2.45, 2.75) is 20.3 Å². The second kappa shape index (κ2) is 3.99. The van der Waals surface area contributed by atoms with Gasteiger partial charge in [-0.15, -0.1) is 0 Å². The molecule has 0 aromatic heterocycles. The second-order valence-electron chi connectivity index (χ2n) is 4.53. The van der Waals surface area contributed by atoms with Gasteiger partial charge < -0.3 is 9.80 Å². The summed E-state index contributed by atoms with van der Waals surface area (Å²) in [7, 11) is 3.62. The van der Waals surface area contributed by atoms with E-state index in [1.54, 1.807) is 4.90 Å². The number of carbonyl (C=O) groups excluding carboxylic acids is 1. The molecule has 0 saturated carbocycles. The molecule has 0 radical (unpaired) electrons. The van der Waals surface area contributed by atoms with Crippen LogP contribution in [0.25, 0.3) is 0 Å². The molecule has 0 spiro atoms. The summed E-state index contributed by atoms with van der Waals surface area (Å²) in [6, 6.07) is 0.151. The SMILES string of the molecule is CC1CC(C)CN(C(=O)N(C)C)C1. The van der Waals surface area contributed by atoms with Crippen molar-refractivity contribution in [1.82, 2.24) is 9.80 Å². The zero-order valence-corrected chi connectivity index (χ0v) is 9.08. The second-order valence-corrected chi connectivity index (χ2v) is 4.53. The molecular formula is C10H20N2O. The molecule has 0 aromatic carbocycles. The Morgan fingerprint density at radius 1 is 1.23 bits per heavy atom. The fourth-order valence-electron chi connectivity index (χ4n) is 2.10. The smallest absolute Gasteiger partial charge is 0.319 e. The standard InChI is InChI=1S/C10H20N2O/c1-8-5-9(2)7-12(6-8)10(13)11(3)4/h8-9H,5-7H2,1-4H3. The lowest BCUT2D eigenvalue weighted by Crippen LogP contribution is -2.46. The summed E-state index contributed by atoms with van der Waals surface area (Å²) in [5.41, 5.74) is 0. The van der Waals surface area contributed by atoms with E-state index in [0.29, 0.717) is 11.8 Å². The van der Waals surface area contributed by atoms with Crippen molar-refractivity contribution in [3.63, 3.8) is 0 Å². The van der Waals surface area contributed by atoms with Crippen molar-refractivity contribution in [3.05, 3.63) is 0 Å². The molecule has 0 aliphatic carbocycles. The number of piperidine rings is 1. The van der Waals surface area contributed by atoms with E-state index in [4.69, 9.17) is 0 Å². The minimum absolute atomic E-state index is 0.151. The molecule has 1 fully saturated rings. The number of likely N-dealkylation sites (tertiary alicyclic amines) is 1.